The normalized spacial score (nSPS) is 18.8. The molecule has 130 valence electrons. The van der Waals surface area contributed by atoms with E-state index in [1.807, 2.05) is 0 Å². The van der Waals surface area contributed by atoms with Gasteiger partial charge in [-0.3, -0.25) is 9.59 Å². The first-order valence-corrected chi connectivity index (χ1v) is 9.37. The molecule has 6 nitrogen and oxygen atoms in total. The minimum Gasteiger partial charge on any atom is -0.292 e. The van der Waals surface area contributed by atoms with Gasteiger partial charge in [0, 0.05) is 24.4 Å². The predicted molar refractivity (Wildman–Crippen MR) is 96.7 cm³/mol. The zero-order valence-corrected chi connectivity index (χ0v) is 16.1. The lowest BCUT2D eigenvalue weighted by Gasteiger charge is -2.16. The van der Waals surface area contributed by atoms with Crippen LogP contribution in [-0.4, -0.2) is 36.3 Å². The van der Waals surface area contributed by atoms with Crippen molar-refractivity contribution in [1.82, 2.24) is 19.9 Å². The third-order valence-electron chi connectivity index (χ3n) is 3.97. The van der Waals surface area contributed by atoms with Crippen LogP contribution in [0.2, 0.25) is 10.6 Å². The molecule has 0 N–H and O–H groups in total. The summed E-state index contributed by atoms with van der Waals surface area (Å²) in [4.78, 5) is 38.2. The molecule has 2 aromatic heterocycles. The summed E-state index contributed by atoms with van der Waals surface area (Å²) in [5, 5.41) is 0.290. The molecule has 0 aromatic carbocycles. The molecular formula is C16H13BrCl2N4O2. The minimum absolute atomic E-state index is 0.00514. The molecule has 0 aliphatic heterocycles. The molecule has 2 aliphatic rings. The molecule has 2 heterocycles. The lowest BCUT2D eigenvalue weighted by Crippen LogP contribution is -2.24. The van der Waals surface area contributed by atoms with Crippen molar-refractivity contribution in [3.05, 3.63) is 45.5 Å². The summed E-state index contributed by atoms with van der Waals surface area (Å²) < 4.78 is 0. The zero-order valence-electron chi connectivity index (χ0n) is 13.0. The van der Waals surface area contributed by atoms with Crippen molar-refractivity contribution in [2.24, 2.45) is 0 Å². The number of hydrogen-bond acceptors (Lipinski definition) is 6. The number of hydrogen-bond donors (Lipinski definition) is 0. The van der Waals surface area contributed by atoms with Gasteiger partial charge in [-0.1, -0.05) is 15.9 Å². The van der Waals surface area contributed by atoms with Crippen LogP contribution >= 0.6 is 39.1 Å². The van der Waals surface area contributed by atoms with Gasteiger partial charge < -0.3 is 0 Å². The first-order valence-electron chi connectivity index (χ1n) is 7.70. The molecule has 25 heavy (non-hydrogen) atoms. The molecule has 0 saturated heterocycles. The maximum Gasteiger partial charge on any atom is 0.223 e. The molecule has 0 radical (unpaired) electrons. The van der Waals surface area contributed by atoms with E-state index >= 15 is 0 Å². The molecular weight excluding hydrogens is 431 g/mol. The van der Waals surface area contributed by atoms with Crippen molar-refractivity contribution in [2.75, 3.05) is 0 Å². The van der Waals surface area contributed by atoms with E-state index < -0.39 is 0 Å². The Balaban J connectivity index is 0.000000146. The van der Waals surface area contributed by atoms with E-state index in [1.165, 1.54) is 0 Å². The minimum atomic E-state index is -0.119. The summed E-state index contributed by atoms with van der Waals surface area (Å²) in [6.07, 6.45) is 7.27. The molecule has 1 atom stereocenters. The lowest BCUT2D eigenvalue weighted by atomic mass is 9.96. The highest BCUT2D eigenvalue weighted by atomic mass is 79.9. The van der Waals surface area contributed by atoms with Crippen LogP contribution in [0.4, 0.5) is 0 Å². The van der Waals surface area contributed by atoms with E-state index in [4.69, 9.17) is 23.2 Å². The SMILES string of the molecule is O=C1CCCc2cnc(Cl)nc21.O=C1c2nc(Cl)ncc2CCC1Br. The van der Waals surface area contributed by atoms with Crippen LogP contribution in [0.5, 0.6) is 0 Å². The molecule has 0 saturated carbocycles. The quantitative estimate of drug-likeness (QED) is 0.456. The molecule has 0 fully saturated rings. The first kappa shape index (κ1) is 18.4. The maximum atomic E-state index is 11.6. The van der Waals surface area contributed by atoms with Gasteiger partial charge >= 0.3 is 0 Å². The van der Waals surface area contributed by atoms with E-state index in [1.54, 1.807) is 12.4 Å². The van der Waals surface area contributed by atoms with Gasteiger partial charge in [-0.25, -0.2) is 19.9 Å². The second-order valence-electron chi connectivity index (χ2n) is 5.67. The molecule has 2 aromatic rings. The topological polar surface area (TPSA) is 85.7 Å². The summed E-state index contributed by atoms with van der Waals surface area (Å²) in [6.45, 7) is 0. The van der Waals surface area contributed by atoms with Crippen LogP contribution < -0.4 is 0 Å². The maximum absolute atomic E-state index is 11.6. The number of Topliss-reactive ketones (excluding diaryl/α,β-unsaturated/α-hetero) is 2. The number of fused-ring (bicyclic) bond motifs is 2. The number of carbonyl (C=O) groups excluding carboxylic acids is 2. The van der Waals surface area contributed by atoms with Crippen molar-refractivity contribution in [3.8, 4) is 0 Å². The van der Waals surface area contributed by atoms with E-state index in [2.05, 4.69) is 35.9 Å². The van der Waals surface area contributed by atoms with Gasteiger partial charge in [0.2, 0.25) is 10.6 Å². The molecule has 2 aliphatic carbocycles. The summed E-state index contributed by atoms with van der Waals surface area (Å²) in [5.74, 6) is 0.0890. The fourth-order valence-corrected chi connectivity index (χ4v) is 3.42. The molecule has 9 heteroatoms. The highest BCUT2D eigenvalue weighted by Crippen LogP contribution is 2.24. The van der Waals surface area contributed by atoms with Gasteiger partial charge in [-0.15, -0.1) is 0 Å². The van der Waals surface area contributed by atoms with E-state index in [-0.39, 0.29) is 27.0 Å². The Bertz CT molecular complexity index is 847. The van der Waals surface area contributed by atoms with Crippen molar-refractivity contribution >= 4 is 50.7 Å². The Labute approximate surface area is 162 Å². The van der Waals surface area contributed by atoms with Gasteiger partial charge in [0.15, 0.2) is 11.6 Å². The highest BCUT2D eigenvalue weighted by Gasteiger charge is 2.27. The van der Waals surface area contributed by atoms with Gasteiger partial charge in [-0.2, -0.15) is 0 Å². The van der Waals surface area contributed by atoms with E-state index in [0.717, 1.165) is 36.8 Å². The number of alkyl halides is 1. The third kappa shape index (κ3) is 4.22. The standard InChI is InChI=1S/C8H6BrClN2O.C8H7ClN2O/c9-5-2-1-4-3-11-8(10)12-6(4)7(5)13;9-8-10-4-5-2-1-3-6(12)7(5)11-8/h3,5H,1-2H2;4H,1-3H2. The fraction of sp³-hybridized carbons (Fsp3) is 0.375. The number of ketones is 2. The van der Waals surface area contributed by atoms with Gasteiger partial charge in [0.25, 0.3) is 0 Å². The Morgan fingerprint density at radius 2 is 1.52 bits per heavy atom. The Hall–Kier alpha value is -1.44. The molecule has 0 spiro atoms. The van der Waals surface area contributed by atoms with Crippen LogP contribution in [0, 0.1) is 0 Å². The second kappa shape index (κ2) is 7.85. The molecule has 0 amide bonds. The number of halogens is 3. The number of aromatic nitrogens is 4. The Morgan fingerprint density at radius 1 is 0.920 bits per heavy atom. The smallest absolute Gasteiger partial charge is 0.223 e. The van der Waals surface area contributed by atoms with Crippen LogP contribution in [-0.2, 0) is 12.8 Å². The van der Waals surface area contributed by atoms with Gasteiger partial charge in [0.1, 0.15) is 11.4 Å². The number of rotatable bonds is 0. The Kier molecular flexibility index (Phi) is 5.76. The van der Waals surface area contributed by atoms with Crippen molar-refractivity contribution in [2.45, 2.75) is 36.9 Å². The van der Waals surface area contributed by atoms with Gasteiger partial charge in [-0.05, 0) is 54.4 Å². The van der Waals surface area contributed by atoms with Gasteiger partial charge in [0.05, 0.1) is 4.83 Å². The summed E-state index contributed by atoms with van der Waals surface area (Å²) in [6, 6.07) is 0. The van der Waals surface area contributed by atoms with Crippen LogP contribution in [0.25, 0.3) is 0 Å². The van der Waals surface area contributed by atoms with Crippen LogP contribution in [0.1, 0.15) is 51.4 Å². The average Bonchev–Trinajstić information content (AvgIpc) is 2.60. The second-order valence-corrected chi connectivity index (χ2v) is 7.45. The number of nitrogens with zero attached hydrogens (tertiary/aromatic N) is 4. The number of carbonyl (C=O) groups is 2. The summed E-state index contributed by atoms with van der Waals surface area (Å²) >= 11 is 14.5. The van der Waals surface area contributed by atoms with Crippen molar-refractivity contribution < 1.29 is 9.59 Å². The third-order valence-corrected chi connectivity index (χ3v) is 5.21. The largest absolute Gasteiger partial charge is 0.292 e. The molecule has 4 rings (SSSR count). The highest BCUT2D eigenvalue weighted by molar-refractivity contribution is 9.10. The lowest BCUT2D eigenvalue weighted by molar-refractivity contribution is 0.0962. The summed E-state index contributed by atoms with van der Waals surface area (Å²) in [5.41, 5.74) is 2.80. The molecule has 1 unspecified atom stereocenters. The fourth-order valence-electron chi connectivity index (χ4n) is 2.71. The first-order chi connectivity index (χ1) is 12.0. The Morgan fingerprint density at radius 3 is 2.20 bits per heavy atom. The van der Waals surface area contributed by atoms with E-state index in [9.17, 15) is 9.59 Å². The van der Waals surface area contributed by atoms with Crippen LogP contribution in [0.15, 0.2) is 12.4 Å². The molecule has 0 bridgehead atoms. The average molecular weight is 444 g/mol. The van der Waals surface area contributed by atoms with Crippen molar-refractivity contribution in [1.29, 1.82) is 0 Å². The predicted octanol–water partition coefficient (Wildman–Crippen LogP) is 3.67. The van der Waals surface area contributed by atoms with Crippen molar-refractivity contribution in [3.63, 3.8) is 0 Å². The zero-order chi connectivity index (χ0) is 18.0. The van der Waals surface area contributed by atoms with E-state index in [0.29, 0.717) is 17.8 Å². The summed E-state index contributed by atoms with van der Waals surface area (Å²) in [7, 11) is 0. The number of aryl methyl sites for hydroxylation is 2. The monoisotopic (exact) mass is 442 g/mol. The van der Waals surface area contributed by atoms with Crippen LogP contribution in [0.3, 0.4) is 0 Å².